The Morgan fingerprint density at radius 2 is 2.11 bits per heavy atom. The first-order chi connectivity index (χ1) is 8.54. The highest BCUT2D eigenvalue weighted by Gasteiger charge is 2.44. The van der Waals surface area contributed by atoms with Crippen LogP contribution in [0.15, 0.2) is 0 Å². The second-order valence-corrected chi connectivity index (χ2v) is 4.61. The van der Waals surface area contributed by atoms with E-state index in [1.165, 1.54) is 6.92 Å². The van der Waals surface area contributed by atoms with E-state index in [-0.39, 0.29) is 18.6 Å². The number of hydrogen-bond donors (Lipinski definition) is 3. The Hall–Kier alpha value is -0.980. The maximum Gasteiger partial charge on any atom is 0.217 e. The number of aliphatic hydroxyl groups excluding tert-OH is 2. The number of hydrogen-bond acceptors (Lipinski definition) is 5. The zero-order valence-corrected chi connectivity index (χ0v) is 10.7. The van der Waals surface area contributed by atoms with Crippen molar-refractivity contribution in [1.29, 1.82) is 0 Å². The van der Waals surface area contributed by atoms with Crippen LogP contribution in [0.4, 0.5) is 0 Å². The summed E-state index contributed by atoms with van der Waals surface area (Å²) in [5.41, 5.74) is 0. The van der Waals surface area contributed by atoms with Gasteiger partial charge in [0.05, 0.1) is 30.8 Å². The SMILES string of the molecule is CCC[C@H]1O[C@H](CO)[C@H](O)[C@H](C=O)[C@H]1NC(C)=O. The molecule has 0 spiro atoms. The molecule has 1 amide bonds. The molecule has 6 nitrogen and oxygen atoms in total. The van der Waals surface area contributed by atoms with Gasteiger partial charge in [0.1, 0.15) is 12.4 Å². The zero-order valence-electron chi connectivity index (χ0n) is 10.7. The summed E-state index contributed by atoms with van der Waals surface area (Å²) >= 11 is 0. The van der Waals surface area contributed by atoms with Crippen LogP contribution in [0.3, 0.4) is 0 Å². The van der Waals surface area contributed by atoms with Crippen molar-refractivity contribution in [2.45, 2.75) is 51.0 Å². The molecule has 0 unspecified atom stereocenters. The van der Waals surface area contributed by atoms with E-state index in [0.29, 0.717) is 12.7 Å². The third-order valence-electron chi connectivity index (χ3n) is 3.22. The highest BCUT2D eigenvalue weighted by molar-refractivity contribution is 5.74. The van der Waals surface area contributed by atoms with Crippen molar-refractivity contribution in [2.24, 2.45) is 5.92 Å². The highest BCUT2D eigenvalue weighted by Crippen LogP contribution is 2.27. The number of carbonyl (C=O) groups is 2. The first-order valence-corrected chi connectivity index (χ1v) is 6.21. The summed E-state index contributed by atoms with van der Waals surface area (Å²) in [4.78, 5) is 22.3. The molecule has 1 fully saturated rings. The molecule has 1 aliphatic rings. The molecule has 104 valence electrons. The third kappa shape index (κ3) is 3.28. The van der Waals surface area contributed by atoms with Gasteiger partial charge in [0.2, 0.25) is 5.91 Å². The van der Waals surface area contributed by atoms with Crippen LogP contribution >= 0.6 is 0 Å². The molecular weight excluding hydrogens is 238 g/mol. The fourth-order valence-corrected chi connectivity index (χ4v) is 2.37. The van der Waals surface area contributed by atoms with E-state index >= 15 is 0 Å². The van der Waals surface area contributed by atoms with E-state index in [1.807, 2.05) is 6.92 Å². The quantitative estimate of drug-likeness (QED) is 0.563. The normalized spacial score (nSPS) is 36.1. The fourth-order valence-electron chi connectivity index (χ4n) is 2.37. The minimum Gasteiger partial charge on any atom is -0.394 e. The maximum atomic E-state index is 11.2. The van der Waals surface area contributed by atoms with Crippen LogP contribution in [0.2, 0.25) is 0 Å². The monoisotopic (exact) mass is 259 g/mol. The van der Waals surface area contributed by atoms with Gasteiger partial charge in [-0.05, 0) is 6.42 Å². The lowest BCUT2D eigenvalue weighted by molar-refractivity contribution is -0.176. The standard InChI is InChI=1S/C12H21NO5/c1-3-4-9-11(13-7(2)16)8(5-14)12(17)10(6-15)18-9/h5,8-12,15,17H,3-4,6H2,1-2H3,(H,13,16)/t8-,9-,10-,11-,12-/m1/s1. The predicted molar refractivity (Wildman–Crippen MR) is 63.8 cm³/mol. The van der Waals surface area contributed by atoms with E-state index in [4.69, 9.17) is 9.84 Å². The summed E-state index contributed by atoms with van der Waals surface area (Å²) in [6.07, 6.45) is -0.146. The Labute approximate surface area is 106 Å². The summed E-state index contributed by atoms with van der Waals surface area (Å²) in [5, 5.41) is 21.7. The topological polar surface area (TPSA) is 95.9 Å². The van der Waals surface area contributed by atoms with E-state index < -0.39 is 24.2 Å². The minimum atomic E-state index is -1.10. The van der Waals surface area contributed by atoms with Gasteiger partial charge in [-0.3, -0.25) is 4.79 Å². The van der Waals surface area contributed by atoms with Gasteiger partial charge < -0.3 is 25.1 Å². The Morgan fingerprint density at radius 1 is 1.44 bits per heavy atom. The van der Waals surface area contributed by atoms with Crippen LogP contribution in [-0.2, 0) is 14.3 Å². The van der Waals surface area contributed by atoms with Crippen molar-refractivity contribution in [3.63, 3.8) is 0 Å². The number of rotatable bonds is 5. The largest absolute Gasteiger partial charge is 0.394 e. The summed E-state index contributed by atoms with van der Waals surface area (Å²) in [6.45, 7) is 2.97. The summed E-state index contributed by atoms with van der Waals surface area (Å²) in [7, 11) is 0. The molecule has 1 rings (SSSR count). The first-order valence-electron chi connectivity index (χ1n) is 6.21. The van der Waals surface area contributed by atoms with Crippen molar-refractivity contribution in [3.05, 3.63) is 0 Å². The second kappa shape index (κ2) is 6.82. The molecule has 1 aliphatic heterocycles. The third-order valence-corrected chi connectivity index (χ3v) is 3.22. The molecule has 5 atom stereocenters. The van der Waals surface area contributed by atoms with Crippen molar-refractivity contribution >= 4 is 12.2 Å². The number of nitrogens with one attached hydrogen (secondary N) is 1. The number of ether oxygens (including phenoxy) is 1. The molecule has 1 heterocycles. The van der Waals surface area contributed by atoms with Gasteiger partial charge >= 0.3 is 0 Å². The average Bonchev–Trinajstić information content (AvgIpc) is 2.32. The summed E-state index contributed by atoms with van der Waals surface area (Å²) < 4.78 is 5.56. The van der Waals surface area contributed by atoms with E-state index in [2.05, 4.69) is 5.32 Å². The molecule has 0 radical (unpaired) electrons. The maximum absolute atomic E-state index is 11.2. The summed E-state index contributed by atoms with van der Waals surface area (Å²) in [6, 6.07) is -0.544. The van der Waals surface area contributed by atoms with Crippen molar-refractivity contribution in [2.75, 3.05) is 6.61 Å². The predicted octanol–water partition coefficient (Wildman–Crippen LogP) is -0.773. The molecule has 3 N–H and O–H groups in total. The van der Waals surface area contributed by atoms with E-state index in [1.54, 1.807) is 0 Å². The van der Waals surface area contributed by atoms with Crippen LogP contribution in [0.25, 0.3) is 0 Å². The first kappa shape index (κ1) is 15.1. The van der Waals surface area contributed by atoms with Crippen molar-refractivity contribution < 1.29 is 24.5 Å². The number of aliphatic hydroxyl groups is 2. The number of aldehydes is 1. The molecule has 18 heavy (non-hydrogen) atoms. The number of amides is 1. The smallest absolute Gasteiger partial charge is 0.217 e. The van der Waals surface area contributed by atoms with Crippen LogP contribution in [-0.4, -0.2) is 53.4 Å². The zero-order chi connectivity index (χ0) is 13.7. The van der Waals surface area contributed by atoms with Gasteiger partial charge in [-0.1, -0.05) is 13.3 Å². The van der Waals surface area contributed by atoms with Gasteiger partial charge in [0.25, 0.3) is 0 Å². The highest BCUT2D eigenvalue weighted by atomic mass is 16.5. The molecule has 0 bridgehead atoms. The molecule has 0 aliphatic carbocycles. The lowest BCUT2D eigenvalue weighted by Gasteiger charge is -2.43. The van der Waals surface area contributed by atoms with Crippen molar-refractivity contribution in [1.82, 2.24) is 5.32 Å². The Bertz CT molecular complexity index is 296. The van der Waals surface area contributed by atoms with Crippen LogP contribution < -0.4 is 5.32 Å². The molecule has 6 heteroatoms. The average molecular weight is 259 g/mol. The molecular formula is C12H21NO5. The molecule has 1 saturated heterocycles. The van der Waals surface area contributed by atoms with Gasteiger partial charge in [-0.25, -0.2) is 0 Å². The lowest BCUT2D eigenvalue weighted by Crippen LogP contribution is -2.61. The van der Waals surface area contributed by atoms with Gasteiger partial charge in [-0.15, -0.1) is 0 Å². The van der Waals surface area contributed by atoms with E-state index in [9.17, 15) is 14.7 Å². The fraction of sp³-hybridized carbons (Fsp3) is 0.833. The minimum absolute atomic E-state index is 0.272. The van der Waals surface area contributed by atoms with Crippen LogP contribution in [0.1, 0.15) is 26.7 Å². The molecule has 0 saturated carbocycles. The molecule has 0 aromatic heterocycles. The van der Waals surface area contributed by atoms with E-state index in [0.717, 1.165) is 6.42 Å². The molecule has 0 aromatic carbocycles. The van der Waals surface area contributed by atoms with Gasteiger partial charge in [0, 0.05) is 6.92 Å². The summed E-state index contributed by atoms with van der Waals surface area (Å²) in [5.74, 6) is -1.03. The van der Waals surface area contributed by atoms with Crippen molar-refractivity contribution in [3.8, 4) is 0 Å². The van der Waals surface area contributed by atoms with Crippen LogP contribution in [0.5, 0.6) is 0 Å². The second-order valence-electron chi connectivity index (χ2n) is 4.61. The van der Waals surface area contributed by atoms with Gasteiger partial charge in [-0.2, -0.15) is 0 Å². The lowest BCUT2D eigenvalue weighted by atomic mass is 9.83. The number of carbonyl (C=O) groups excluding carboxylic acids is 2. The van der Waals surface area contributed by atoms with Crippen LogP contribution in [0, 0.1) is 5.92 Å². The Morgan fingerprint density at radius 3 is 2.56 bits per heavy atom. The Kier molecular flexibility index (Phi) is 5.71. The van der Waals surface area contributed by atoms with Gasteiger partial charge in [0.15, 0.2) is 0 Å². The molecule has 0 aromatic rings. The Balaban J connectivity index is 2.90.